The number of carbonyl (C=O) groups is 1. The molecule has 1 atom stereocenters. The molecular weight excluding hydrogens is 439 g/mol. The number of likely N-dealkylation sites (tertiary alicyclic amines) is 1. The third-order valence-corrected chi connectivity index (χ3v) is 8.07. The third kappa shape index (κ3) is 4.75. The molecule has 1 aromatic heterocycles. The van der Waals surface area contributed by atoms with Crippen molar-refractivity contribution < 1.29 is 9.90 Å². The van der Waals surface area contributed by atoms with Gasteiger partial charge in [-0.2, -0.15) is 0 Å². The summed E-state index contributed by atoms with van der Waals surface area (Å²) in [6, 6.07) is 17.5. The van der Waals surface area contributed by atoms with E-state index in [9.17, 15) is 4.79 Å². The molecule has 1 aliphatic rings. The second-order valence-electron chi connectivity index (χ2n) is 9.11. The van der Waals surface area contributed by atoms with E-state index < -0.39 is 5.97 Å². The van der Waals surface area contributed by atoms with Gasteiger partial charge in [-0.3, -0.25) is 0 Å². The standard InChI is InChI=1S/C25H28N2O2Se/c1-25(2,3)21-10-8-19(9-11-21)23-26-14-22(30-23)18-6-4-17(5-7-18)15-27-13-12-20(16-27)24(28)29/h4-11,14,20H,12-13,15-16H2,1-3H3,(H,28,29). The van der Waals surface area contributed by atoms with E-state index in [4.69, 9.17) is 10.1 Å². The molecule has 1 unspecified atom stereocenters. The number of aliphatic carboxylic acids is 1. The molecule has 1 N–H and O–H groups in total. The van der Waals surface area contributed by atoms with Crippen molar-refractivity contribution in [1.82, 2.24) is 9.88 Å². The van der Waals surface area contributed by atoms with Crippen molar-refractivity contribution in [2.24, 2.45) is 5.92 Å². The Kier molecular flexibility index (Phi) is 5.97. The SMILES string of the molecule is CC(C)(C)c1ccc(-c2ncc(-c3ccc(CN4CCC(C(=O)O)C4)cc3)[se]2)cc1. The van der Waals surface area contributed by atoms with Crippen LogP contribution in [0, 0.1) is 5.92 Å². The maximum absolute atomic E-state index is 11.1. The summed E-state index contributed by atoms with van der Waals surface area (Å²) in [5.74, 6) is -0.893. The van der Waals surface area contributed by atoms with Gasteiger partial charge in [-0.05, 0) is 0 Å². The van der Waals surface area contributed by atoms with Crippen LogP contribution in [0.25, 0.3) is 20.1 Å². The zero-order chi connectivity index (χ0) is 21.3. The van der Waals surface area contributed by atoms with Gasteiger partial charge in [0.05, 0.1) is 0 Å². The number of carboxylic acids is 1. The Morgan fingerprint density at radius 1 is 1.10 bits per heavy atom. The molecule has 3 aromatic rings. The second-order valence-corrected chi connectivity index (χ2v) is 11.3. The molecule has 0 saturated carbocycles. The van der Waals surface area contributed by atoms with Gasteiger partial charge in [0.25, 0.3) is 0 Å². The molecule has 0 bridgehead atoms. The molecule has 0 spiro atoms. The Morgan fingerprint density at radius 2 is 1.77 bits per heavy atom. The number of hydrogen-bond acceptors (Lipinski definition) is 3. The van der Waals surface area contributed by atoms with Crippen LogP contribution in [-0.2, 0) is 16.8 Å². The predicted molar refractivity (Wildman–Crippen MR) is 122 cm³/mol. The van der Waals surface area contributed by atoms with Gasteiger partial charge in [0.15, 0.2) is 0 Å². The zero-order valence-corrected chi connectivity index (χ0v) is 19.5. The summed E-state index contributed by atoms with van der Waals surface area (Å²) in [6.45, 7) is 9.02. The van der Waals surface area contributed by atoms with E-state index in [1.54, 1.807) is 0 Å². The average Bonchev–Trinajstić information content (AvgIpc) is 3.38. The number of nitrogens with zero attached hydrogens (tertiary/aromatic N) is 2. The zero-order valence-electron chi connectivity index (χ0n) is 17.8. The van der Waals surface area contributed by atoms with Crippen molar-refractivity contribution in [2.75, 3.05) is 13.1 Å². The second kappa shape index (κ2) is 8.50. The fraction of sp³-hybridized carbons (Fsp3) is 0.360. The van der Waals surface area contributed by atoms with Crippen LogP contribution in [0.4, 0.5) is 0 Å². The number of carboxylic acid groups (broad SMARTS) is 1. The molecule has 30 heavy (non-hydrogen) atoms. The molecule has 4 rings (SSSR count). The summed E-state index contributed by atoms with van der Waals surface area (Å²) in [6.07, 6.45) is 2.76. The van der Waals surface area contributed by atoms with E-state index in [-0.39, 0.29) is 25.8 Å². The number of benzene rings is 2. The number of aromatic nitrogens is 1. The first-order valence-corrected chi connectivity index (χ1v) is 12.1. The molecule has 0 radical (unpaired) electrons. The van der Waals surface area contributed by atoms with Gasteiger partial charge in [0, 0.05) is 0 Å². The summed E-state index contributed by atoms with van der Waals surface area (Å²) in [5.41, 5.74) is 5.18. The fourth-order valence-electron chi connectivity index (χ4n) is 3.86. The average molecular weight is 467 g/mol. The summed E-state index contributed by atoms with van der Waals surface area (Å²) in [4.78, 5) is 18.1. The van der Waals surface area contributed by atoms with Crippen LogP contribution in [0.3, 0.4) is 0 Å². The maximum atomic E-state index is 11.1. The topological polar surface area (TPSA) is 53.4 Å². The van der Waals surface area contributed by atoms with Crippen molar-refractivity contribution in [3.63, 3.8) is 0 Å². The van der Waals surface area contributed by atoms with Gasteiger partial charge in [-0.15, -0.1) is 0 Å². The molecular formula is C25H28N2O2Se. The van der Waals surface area contributed by atoms with Crippen LogP contribution in [0.2, 0.25) is 0 Å². The van der Waals surface area contributed by atoms with Crippen LogP contribution in [-0.4, -0.2) is 48.6 Å². The van der Waals surface area contributed by atoms with Crippen LogP contribution < -0.4 is 0 Å². The predicted octanol–water partition coefficient (Wildman–Crippen LogP) is 4.68. The Bertz CT molecular complexity index is 1020. The van der Waals surface area contributed by atoms with Crippen molar-refractivity contribution >= 4 is 20.5 Å². The van der Waals surface area contributed by atoms with E-state index in [1.807, 2.05) is 6.20 Å². The molecule has 1 fully saturated rings. The van der Waals surface area contributed by atoms with Gasteiger partial charge in [0.2, 0.25) is 0 Å². The Labute approximate surface area is 184 Å². The Morgan fingerprint density at radius 3 is 2.37 bits per heavy atom. The summed E-state index contributed by atoms with van der Waals surface area (Å²) >= 11 is 0.203. The van der Waals surface area contributed by atoms with Crippen molar-refractivity contribution in [3.05, 3.63) is 65.9 Å². The van der Waals surface area contributed by atoms with E-state index in [0.29, 0.717) is 6.54 Å². The van der Waals surface area contributed by atoms with Gasteiger partial charge in [-0.1, -0.05) is 0 Å². The van der Waals surface area contributed by atoms with Crippen LogP contribution >= 0.6 is 0 Å². The minimum absolute atomic E-state index is 0.163. The van der Waals surface area contributed by atoms with Crippen LogP contribution in [0.5, 0.6) is 0 Å². The molecule has 1 aliphatic heterocycles. The first-order valence-electron chi connectivity index (χ1n) is 10.4. The third-order valence-electron chi connectivity index (χ3n) is 5.77. The minimum atomic E-state index is -0.674. The summed E-state index contributed by atoms with van der Waals surface area (Å²) in [5, 5.41) is 9.17. The van der Waals surface area contributed by atoms with Crippen LogP contribution in [0.15, 0.2) is 54.7 Å². The van der Waals surface area contributed by atoms with Crippen molar-refractivity contribution in [2.45, 2.75) is 39.2 Å². The summed E-state index contributed by atoms with van der Waals surface area (Å²) < 4.78 is 2.48. The van der Waals surface area contributed by atoms with E-state index >= 15 is 0 Å². The van der Waals surface area contributed by atoms with E-state index in [2.05, 4.69) is 74.2 Å². The Hall–Kier alpha value is -2.20. The first-order chi connectivity index (χ1) is 14.3. The molecule has 2 aromatic carbocycles. The van der Waals surface area contributed by atoms with E-state index in [1.165, 1.54) is 31.3 Å². The Balaban J connectivity index is 1.43. The molecule has 156 valence electrons. The van der Waals surface area contributed by atoms with E-state index in [0.717, 1.165) is 19.5 Å². The normalized spacial score (nSPS) is 17.4. The molecule has 0 aliphatic carbocycles. The van der Waals surface area contributed by atoms with Gasteiger partial charge >= 0.3 is 184 Å². The van der Waals surface area contributed by atoms with Crippen LogP contribution in [0.1, 0.15) is 38.3 Å². The molecule has 4 nitrogen and oxygen atoms in total. The van der Waals surface area contributed by atoms with Gasteiger partial charge in [0.1, 0.15) is 0 Å². The molecule has 2 heterocycles. The first kappa shape index (κ1) is 21.0. The molecule has 0 amide bonds. The quantitative estimate of drug-likeness (QED) is 0.554. The van der Waals surface area contributed by atoms with Crippen molar-refractivity contribution in [1.29, 1.82) is 0 Å². The van der Waals surface area contributed by atoms with Gasteiger partial charge < -0.3 is 0 Å². The van der Waals surface area contributed by atoms with Gasteiger partial charge in [-0.25, -0.2) is 0 Å². The van der Waals surface area contributed by atoms with Crippen molar-refractivity contribution in [3.8, 4) is 20.1 Å². The molecule has 1 saturated heterocycles. The molecule has 5 heteroatoms. The number of hydrogen-bond donors (Lipinski definition) is 1. The fourth-order valence-corrected chi connectivity index (χ4v) is 5.81. The summed E-state index contributed by atoms with van der Waals surface area (Å²) in [7, 11) is 0. The number of rotatable bonds is 5. The monoisotopic (exact) mass is 468 g/mol.